The number of nitrogens with zero attached hydrogens (tertiary/aromatic N) is 2. The van der Waals surface area contributed by atoms with Crippen LogP contribution in [0.3, 0.4) is 0 Å². The maximum Gasteiger partial charge on any atom is 0.279 e. The third kappa shape index (κ3) is 1.67. The van der Waals surface area contributed by atoms with Crippen LogP contribution in [-0.4, -0.2) is 20.4 Å². The number of nitrogens with one attached hydrogen (secondary N) is 1. The molecule has 6 heteroatoms. The molecular weight excluding hydrogens is 314 g/mol. The zero-order valence-corrected chi connectivity index (χ0v) is 10.0. The number of hydrogen-bond acceptors (Lipinski definition) is 2. The summed E-state index contributed by atoms with van der Waals surface area (Å²) >= 11 is 6.56. The maximum absolute atomic E-state index is 11.7. The SMILES string of the molecule is O=C(c1cc(Br)c(Br)[nH]1)n1ccnc1. The van der Waals surface area contributed by atoms with Gasteiger partial charge in [0.15, 0.2) is 0 Å². The van der Waals surface area contributed by atoms with Gasteiger partial charge in [-0.1, -0.05) is 0 Å². The monoisotopic (exact) mass is 317 g/mol. The molecule has 4 nitrogen and oxygen atoms in total. The summed E-state index contributed by atoms with van der Waals surface area (Å²) in [7, 11) is 0. The Morgan fingerprint density at radius 1 is 1.50 bits per heavy atom. The van der Waals surface area contributed by atoms with Crippen molar-refractivity contribution in [1.29, 1.82) is 0 Å². The average Bonchev–Trinajstić information content (AvgIpc) is 2.76. The van der Waals surface area contributed by atoms with E-state index in [1.165, 1.54) is 10.9 Å². The lowest BCUT2D eigenvalue weighted by atomic mass is 10.4. The standard InChI is InChI=1S/C8H5Br2N3O/c9-5-3-6(12-7(5)10)8(14)13-2-1-11-4-13/h1-4,12H. The van der Waals surface area contributed by atoms with Gasteiger partial charge in [-0.3, -0.25) is 9.36 Å². The molecule has 0 unspecified atom stereocenters. The first kappa shape index (κ1) is 9.67. The zero-order chi connectivity index (χ0) is 10.1. The van der Waals surface area contributed by atoms with Crippen molar-refractivity contribution in [3.63, 3.8) is 0 Å². The van der Waals surface area contributed by atoms with Crippen LogP contribution in [0.15, 0.2) is 33.9 Å². The molecule has 0 saturated heterocycles. The Labute approximate surface area is 96.6 Å². The Balaban J connectivity index is 2.37. The zero-order valence-electron chi connectivity index (χ0n) is 6.87. The predicted molar refractivity (Wildman–Crippen MR) is 58.1 cm³/mol. The summed E-state index contributed by atoms with van der Waals surface area (Å²) in [5.41, 5.74) is 0.502. The topological polar surface area (TPSA) is 50.7 Å². The van der Waals surface area contributed by atoms with Gasteiger partial charge in [-0.15, -0.1) is 0 Å². The lowest BCUT2D eigenvalue weighted by Gasteiger charge is -1.96. The molecule has 0 atom stereocenters. The summed E-state index contributed by atoms with van der Waals surface area (Å²) in [6.07, 6.45) is 4.63. The number of aromatic amines is 1. The molecule has 14 heavy (non-hydrogen) atoms. The molecule has 0 bridgehead atoms. The number of hydrogen-bond donors (Lipinski definition) is 1. The lowest BCUT2D eigenvalue weighted by Crippen LogP contribution is -2.09. The van der Waals surface area contributed by atoms with Gasteiger partial charge in [0.1, 0.15) is 12.0 Å². The molecule has 0 aliphatic rings. The van der Waals surface area contributed by atoms with E-state index in [4.69, 9.17) is 0 Å². The molecule has 72 valence electrons. The van der Waals surface area contributed by atoms with Crippen molar-refractivity contribution in [2.24, 2.45) is 0 Å². The van der Waals surface area contributed by atoms with Crippen molar-refractivity contribution in [3.8, 4) is 0 Å². The Morgan fingerprint density at radius 2 is 2.29 bits per heavy atom. The van der Waals surface area contributed by atoms with E-state index < -0.39 is 0 Å². The van der Waals surface area contributed by atoms with E-state index in [2.05, 4.69) is 41.8 Å². The number of rotatable bonds is 1. The molecule has 1 N–H and O–H groups in total. The molecule has 0 saturated carbocycles. The number of imidazole rings is 1. The van der Waals surface area contributed by atoms with E-state index in [1.54, 1.807) is 18.5 Å². The van der Waals surface area contributed by atoms with Gasteiger partial charge in [-0.05, 0) is 37.9 Å². The summed E-state index contributed by atoms with van der Waals surface area (Å²) in [5.74, 6) is -0.145. The highest BCUT2D eigenvalue weighted by molar-refractivity contribution is 9.13. The van der Waals surface area contributed by atoms with Crippen molar-refractivity contribution in [1.82, 2.24) is 14.5 Å². The van der Waals surface area contributed by atoms with Crippen molar-refractivity contribution in [2.75, 3.05) is 0 Å². The molecular formula is C8H5Br2N3O. The fourth-order valence-corrected chi connectivity index (χ4v) is 1.69. The lowest BCUT2D eigenvalue weighted by molar-refractivity contribution is 0.0955. The highest BCUT2D eigenvalue weighted by atomic mass is 79.9. The second-order valence-electron chi connectivity index (χ2n) is 2.62. The first-order chi connectivity index (χ1) is 6.68. The van der Waals surface area contributed by atoms with Crippen LogP contribution in [0, 0.1) is 0 Å². The van der Waals surface area contributed by atoms with Crippen LogP contribution in [-0.2, 0) is 0 Å². The summed E-state index contributed by atoms with van der Waals surface area (Å²) in [4.78, 5) is 18.4. The minimum Gasteiger partial charge on any atom is -0.344 e. The number of aromatic nitrogens is 3. The van der Waals surface area contributed by atoms with Crippen LogP contribution in [0.25, 0.3) is 0 Å². The largest absolute Gasteiger partial charge is 0.344 e. The predicted octanol–water partition coefficient (Wildman–Crippen LogP) is 2.42. The highest BCUT2D eigenvalue weighted by Crippen LogP contribution is 2.23. The second kappa shape index (κ2) is 3.70. The van der Waals surface area contributed by atoms with Gasteiger partial charge in [0.2, 0.25) is 0 Å². The van der Waals surface area contributed by atoms with Gasteiger partial charge in [0.25, 0.3) is 5.91 Å². The van der Waals surface area contributed by atoms with Crippen molar-refractivity contribution in [3.05, 3.63) is 39.6 Å². The Bertz CT molecular complexity index is 441. The smallest absolute Gasteiger partial charge is 0.279 e. The minimum absolute atomic E-state index is 0.145. The van der Waals surface area contributed by atoms with E-state index in [9.17, 15) is 4.79 Å². The summed E-state index contributed by atoms with van der Waals surface area (Å²) in [6.45, 7) is 0. The quantitative estimate of drug-likeness (QED) is 0.878. The number of carbonyl (C=O) groups is 1. The number of halogens is 2. The molecule has 2 rings (SSSR count). The van der Waals surface area contributed by atoms with Gasteiger partial charge in [0, 0.05) is 12.4 Å². The molecule has 0 radical (unpaired) electrons. The van der Waals surface area contributed by atoms with Gasteiger partial charge in [0.05, 0.1) is 9.08 Å². The summed E-state index contributed by atoms with van der Waals surface area (Å²) < 4.78 is 2.98. The van der Waals surface area contributed by atoms with E-state index in [1.807, 2.05) is 0 Å². The highest BCUT2D eigenvalue weighted by Gasteiger charge is 2.12. The summed E-state index contributed by atoms with van der Waals surface area (Å²) in [6, 6.07) is 1.71. The van der Waals surface area contributed by atoms with Gasteiger partial charge >= 0.3 is 0 Å². The summed E-state index contributed by atoms with van der Waals surface area (Å²) in [5, 5.41) is 0. The number of H-pyrrole nitrogens is 1. The average molecular weight is 319 g/mol. The van der Waals surface area contributed by atoms with E-state index in [-0.39, 0.29) is 5.91 Å². The minimum atomic E-state index is -0.145. The fraction of sp³-hybridized carbons (Fsp3) is 0. The normalized spacial score (nSPS) is 10.4. The molecule has 2 aromatic heterocycles. The van der Waals surface area contributed by atoms with Gasteiger partial charge < -0.3 is 4.98 Å². The van der Waals surface area contributed by atoms with Crippen LogP contribution in [0.5, 0.6) is 0 Å². The van der Waals surface area contributed by atoms with E-state index >= 15 is 0 Å². The Hall–Kier alpha value is -0.880. The maximum atomic E-state index is 11.7. The van der Waals surface area contributed by atoms with Crippen molar-refractivity contribution >= 4 is 37.8 Å². The molecule has 0 fully saturated rings. The first-order valence-corrected chi connectivity index (χ1v) is 5.34. The molecule has 0 spiro atoms. The molecule has 0 aromatic carbocycles. The van der Waals surface area contributed by atoms with Gasteiger partial charge in [-0.2, -0.15) is 0 Å². The van der Waals surface area contributed by atoms with Crippen LogP contribution >= 0.6 is 31.9 Å². The van der Waals surface area contributed by atoms with Gasteiger partial charge in [-0.25, -0.2) is 4.98 Å². The molecule has 0 aliphatic heterocycles. The van der Waals surface area contributed by atoms with Crippen LogP contribution < -0.4 is 0 Å². The van der Waals surface area contributed by atoms with E-state index in [0.29, 0.717) is 5.69 Å². The fourth-order valence-electron chi connectivity index (χ4n) is 1.04. The molecule has 2 heterocycles. The van der Waals surface area contributed by atoms with Crippen molar-refractivity contribution in [2.45, 2.75) is 0 Å². The van der Waals surface area contributed by atoms with Crippen LogP contribution in [0.1, 0.15) is 10.5 Å². The van der Waals surface area contributed by atoms with Crippen LogP contribution in [0.2, 0.25) is 0 Å². The number of carbonyl (C=O) groups excluding carboxylic acids is 1. The molecule has 2 aromatic rings. The Morgan fingerprint density at radius 3 is 2.79 bits per heavy atom. The molecule has 0 aliphatic carbocycles. The molecule has 0 amide bonds. The third-order valence-corrected chi connectivity index (χ3v) is 3.48. The third-order valence-electron chi connectivity index (χ3n) is 1.69. The van der Waals surface area contributed by atoms with Crippen molar-refractivity contribution < 1.29 is 4.79 Å². The second-order valence-corrected chi connectivity index (χ2v) is 4.27. The van der Waals surface area contributed by atoms with Crippen LogP contribution in [0.4, 0.5) is 0 Å². The Kier molecular flexibility index (Phi) is 2.56. The van der Waals surface area contributed by atoms with E-state index in [0.717, 1.165) is 9.08 Å². The first-order valence-electron chi connectivity index (χ1n) is 3.75.